The summed E-state index contributed by atoms with van der Waals surface area (Å²) < 4.78 is 55.3. The van der Waals surface area contributed by atoms with Gasteiger partial charge in [-0.1, -0.05) is 25.5 Å². The number of halogens is 1. The van der Waals surface area contributed by atoms with Crippen molar-refractivity contribution in [2.45, 2.75) is 70.7 Å². The van der Waals surface area contributed by atoms with Crippen molar-refractivity contribution >= 4 is 17.5 Å². The van der Waals surface area contributed by atoms with E-state index in [9.17, 15) is 24.6 Å². The molecule has 0 amide bonds. The highest BCUT2D eigenvalue weighted by Crippen LogP contribution is 2.71. The van der Waals surface area contributed by atoms with Gasteiger partial charge in [0.05, 0.1) is 10.2 Å². The lowest BCUT2D eigenvalue weighted by molar-refractivity contribution is -0.227. The number of esters is 1. The molecule has 4 rings (SSSR count). The summed E-state index contributed by atoms with van der Waals surface area (Å²) in [5.41, 5.74) is -7.65. The molecule has 0 bridgehead atoms. The van der Waals surface area contributed by atoms with Crippen molar-refractivity contribution < 1.29 is 39.2 Å². The summed E-state index contributed by atoms with van der Waals surface area (Å²) in [5, 5.41) is 21.5. The summed E-state index contributed by atoms with van der Waals surface area (Å²) in [6.45, 7) is 2.28. The average Bonchev–Trinajstić information content (AvgIpc) is 2.93. The zero-order valence-electron chi connectivity index (χ0n) is 22.1. The number of fused-ring (bicyclic) bond motifs is 5. The average molecular weight is 439 g/mol. The summed E-state index contributed by atoms with van der Waals surface area (Å²) in [6, 6.07) is -0.455. The van der Waals surface area contributed by atoms with Crippen LogP contribution in [0.25, 0.3) is 0 Å². The van der Waals surface area contributed by atoms with Crippen molar-refractivity contribution in [1.82, 2.24) is 0 Å². The predicted octanol–water partition coefficient (Wildman–Crippen LogP) is 2.47. The highest BCUT2D eigenvalue weighted by atomic mass is 19.1. The first kappa shape index (κ1) is 17.7. The Bertz CT molecular complexity index is 1070. The molecular weight excluding hydrogens is 403 g/mol. The maximum absolute atomic E-state index is 17.4. The van der Waals surface area contributed by atoms with E-state index in [1.165, 1.54) is 13.0 Å². The SMILES string of the molecule is [2H]C1=C2C([2H])CC3C4C[C@@H](C)[C@](OC(C)=O)(C(=O)C([2H])([2H])O)[C@@]4(C)C[C@H](O)[C@]3(F)[C@@]2(C)C=CC1=O. The van der Waals surface area contributed by atoms with Crippen LogP contribution >= 0.6 is 0 Å². The number of aliphatic hydroxyl groups is 2. The Hall–Kier alpha value is -1.86. The maximum Gasteiger partial charge on any atom is 0.303 e. The van der Waals surface area contributed by atoms with Crippen LogP contribution in [0.15, 0.2) is 23.8 Å². The van der Waals surface area contributed by atoms with Gasteiger partial charge in [0.15, 0.2) is 17.1 Å². The number of ether oxygens (including phenoxy) is 1. The van der Waals surface area contributed by atoms with E-state index in [-0.39, 0.29) is 18.4 Å². The lowest BCUT2D eigenvalue weighted by Gasteiger charge is -2.62. The van der Waals surface area contributed by atoms with Crippen molar-refractivity contribution in [3.8, 4) is 0 Å². The number of carbonyl (C=O) groups is 3. The van der Waals surface area contributed by atoms with Crippen molar-refractivity contribution in [3.63, 3.8) is 0 Å². The number of hydrogen-bond donors (Lipinski definition) is 2. The molecule has 0 aromatic heterocycles. The molecule has 2 N–H and O–H groups in total. The number of rotatable bonds is 3. The van der Waals surface area contributed by atoms with Crippen LogP contribution in [0, 0.1) is 28.6 Å². The van der Waals surface area contributed by atoms with Gasteiger partial charge >= 0.3 is 5.97 Å². The minimum Gasteiger partial charge on any atom is -0.450 e. The van der Waals surface area contributed by atoms with Crippen molar-refractivity contribution in [2.24, 2.45) is 28.6 Å². The molecule has 9 atom stereocenters. The third-order valence-corrected chi connectivity index (χ3v) is 8.60. The van der Waals surface area contributed by atoms with Gasteiger partial charge in [-0.3, -0.25) is 14.4 Å². The maximum atomic E-state index is 17.4. The zero-order valence-corrected chi connectivity index (χ0v) is 18.1. The summed E-state index contributed by atoms with van der Waals surface area (Å²) >= 11 is 0. The van der Waals surface area contributed by atoms with Crippen LogP contribution in [0.2, 0.25) is 0 Å². The molecule has 170 valence electrons. The first-order valence-electron chi connectivity index (χ1n) is 12.7. The molecule has 0 radical (unpaired) electrons. The minimum absolute atomic E-state index is 0.00599. The van der Waals surface area contributed by atoms with E-state index in [4.69, 9.17) is 10.2 Å². The number of alkyl halides is 1. The summed E-state index contributed by atoms with van der Waals surface area (Å²) in [5.74, 6) is -5.47. The second-order valence-corrected chi connectivity index (χ2v) is 9.90. The van der Waals surface area contributed by atoms with E-state index in [1.54, 1.807) is 13.8 Å². The summed E-state index contributed by atoms with van der Waals surface area (Å²) in [7, 11) is 0. The Labute approximate surface area is 187 Å². The van der Waals surface area contributed by atoms with Crippen molar-refractivity contribution in [3.05, 3.63) is 23.8 Å². The number of allylic oxidation sites excluding steroid dienone is 4. The van der Waals surface area contributed by atoms with Gasteiger partial charge < -0.3 is 14.9 Å². The van der Waals surface area contributed by atoms with E-state index < -0.39 is 88.9 Å². The normalized spacial score (nSPS) is 53.4. The molecule has 6 nitrogen and oxygen atoms in total. The van der Waals surface area contributed by atoms with Gasteiger partial charge in [-0.15, -0.1) is 0 Å². The molecule has 0 aliphatic heterocycles. The van der Waals surface area contributed by atoms with Gasteiger partial charge in [0.2, 0.25) is 5.78 Å². The Balaban J connectivity index is 1.93. The van der Waals surface area contributed by atoms with E-state index in [0.717, 1.165) is 13.0 Å². The third kappa shape index (κ3) is 2.53. The van der Waals surface area contributed by atoms with E-state index in [1.807, 2.05) is 0 Å². The number of hydrogen-bond acceptors (Lipinski definition) is 6. The van der Waals surface area contributed by atoms with Crippen LogP contribution in [-0.4, -0.2) is 51.7 Å². The highest BCUT2D eigenvalue weighted by Gasteiger charge is 2.77. The molecule has 3 fully saturated rings. The molecule has 3 unspecified atom stereocenters. The smallest absolute Gasteiger partial charge is 0.303 e. The van der Waals surface area contributed by atoms with Crippen LogP contribution < -0.4 is 0 Å². The minimum atomic E-state index is -3.35. The standard InChI is InChI=1S/C24H31FO6/c1-13-9-18-17-6-5-15-10-16(28)7-8-21(15,3)23(17,25)19(29)11-22(18,4)24(13,20(30)12-26)31-14(2)27/h7-8,10,13,17-19,26,29H,5-6,9,11-12H2,1-4H3/t13-,17?,18?,19+,21+,22+,23+,24+/m1/s1/i5D,10D,12D2/t5?,13-,17?,18?,19+,21+,22+,23+,24+. The first-order valence-corrected chi connectivity index (χ1v) is 10.6. The fraction of sp³-hybridized carbons (Fsp3) is 0.708. The lowest BCUT2D eigenvalue weighted by atomic mass is 9.44. The fourth-order valence-electron chi connectivity index (χ4n) is 7.25. The second kappa shape index (κ2) is 6.82. The zero-order chi connectivity index (χ0) is 26.5. The molecule has 0 saturated heterocycles. The largest absolute Gasteiger partial charge is 0.450 e. The van der Waals surface area contributed by atoms with Gasteiger partial charge in [0.25, 0.3) is 0 Å². The quantitative estimate of drug-likeness (QED) is 0.657. The molecular formula is C24H31FO6. The van der Waals surface area contributed by atoms with Gasteiger partial charge in [-0.2, -0.15) is 0 Å². The molecule has 0 aromatic carbocycles. The molecule has 7 heteroatoms. The molecule has 31 heavy (non-hydrogen) atoms. The first-order chi connectivity index (χ1) is 15.9. The topological polar surface area (TPSA) is 101 Å². The van der Waals surface area contributed by atoms with Crippen LogP contribution in [0.4, 0.5) is 4.39 Å². The monoisotopic (exact) mass is 438 g/mol. The Morgan fingerprint density at radius 3 is 2.71 bits per heavy atom. The lowest BCUT2D eigenvalue weighted by Crippen LogP contribution is -2.70. The van der Waals surface area contributed by atoms with Crippen LogP contribution in [0.3, 0.4) is 0 Å². The molecule has 0 heterocycles. The van der Waals surface area contributed by atoms with Crippen LogP contribution in [0.1, 0.15) is 58.8 Å². The van der Waals surface area contributed by atoms with E-state index in [2.05, 4.69) is 0 Å². The Morgan fingerprint density at radius 1 is 1.42 bits per heavy atom. The summed E-state index contributed by atoms with van der Waals surface area (Å²) in [4.78, 5) is 37.7. The molecule has 3 saturated carbocycles. The Morgan fingerprint density at radius 2 is 2.10 bits per heavy atom. The fourth-order valence-corrected chi connectivity index (χ4v) is 7.25. The van der Waals surface area contributed by atoms with Gasteiger partial charge in [-0.05, 0) is 50.6 Å². The molecule has 0 spiro atoms. The third-order valence-electron chi connectivity index (χ3n) is 8.60. The van der Waals surface area contributed by atoms with Crippen LogP contribution in [-0.2, 0) is 19.1 Å². The number of ketones is 2. The van der Waals surface area contributed by atoms with Crippen molar-refractivity contribution in [2.75, 3.05) is 6.56 Å². The molecule has 4 aliphatic rings. The highest BCUT2D eigenvalue weighted by molar-refractivity contribution is 6.01. The second-order valence-electron chi connectivity index (χ2n) is 9.90. The Kier molecular flexibility index (Phi) is 3.89. The number of aliphatic hydroxyl groups excluding tert-OH is 1. The van der Waals surface area contributed by atoms with Crippen LogP contribution in [0.5, 0.6) is 0 Å². The van der Waals surface area contributed by atoms with E-state index >= 15 is 4.39 Å². The predicted molar refractivity (Wildman–Crippen MR) is 109 cm³/mol. The van der Waals surface area contributed by atoms with Gasteiger partial charge in [-0.25, -0.2) is 4.39 Å². The van der Waals surface area contributed by atoms with Gasteiger partial charge in [0.1, 0.15) is 6.56 Å². The molecule has 0 aromatic rings. The number of Topliss-reactive ketones (excluding diaryl/α,β-unsaturated/α-hetero) is 1. The molecule has 4 aliphatic carbocycles. The van der Waals surface area contributed by atoms with E-state index in [0.29, 0.717) is 0 Å². The van der Waals surface area contributed by atoms with Gasteiger partial charge in [0, 0.05) is 31.0 Å². The van der Waals surface area contributed by atoms with Crippen molar-refractivity contribution in [1.29, 1.82) is 0 Å². The number of carbonyl (C=O) groups excluding carboxylic acids is 3. The summed E-state index contributed by atoms with van der Waals surface area (Å²) in [6.07, 6.45) is -0.902.